The Hall–Kier alpha value is -0.960. The van der Waals surface area contributed by atoms with E-state index < -0.39 is 0 Å². The van der Waals surface area contributed by atoms with Crippen molar-refractivity contribution in [3.8, 4) is 0 Å². The molecule has 1 aromatic rings. The van der Waals surface area contributed by atoms with Crippen LogP contribution < -0.4 is 0 Å². The third kappa shape index (κ3) is 3.99. The molecule has 0 aliphatic rings. The Kier molecular flexibility index (Phi) is 4.40. The van der Waals surface area contributed by atoms with Crippen molar-refractivity contribution in [2.24, 2.45) is 0 Å². The van der Waals surface area contributed by atoms with E-state index in [1.165, 1.54) is 11.8 Å². The number of esters is 1. The topological polar surface area (TPSA) is 26.3 Å². The lowest BCUT2D eigenvalue weighted by molar-refractivity contribution is -0.139. The third-order valence-electron chi connectivity index (χ3n) is 1.35. The average molecular weight is 195 g/mol. The summed E-state index contributed by atoms with van der Waals surface area (Å²) in [5, 5.41) is 0. The van der Waals surface area contributed by atoms with Crippen LogP contribution in [0.3, 0.4) is 0 Å². The van der Waals surface area contributed by atoms with Crippen molar-refractivity contribution >= 4 is 17.7 Å². The molecule has 0 saturated carbocycles. The van der Waals surface area contributed by atoms with Gasteiger partial charge < -0.3 is 4.74 Å². The number of carbonyl (C=O) groups is 1. The number of rotatable bonds is 4. The van der Waals surface area contributed by atoms with Crippen LogP contribution in [-0.2, 0) is 9.53 Å². The Bertz CT molecular complexity index is 259. The standard InChI is InChI=1S/C10H11O2S/c1-2-12-10(11)8-13-9-6-4-3-5-7-9/h4-7H,2,8H2,1H3. The van der Waals surface area contributed by atoms with Gasteiger partial charge in [-0.15, -0.1) is 11.8 Å². The molecule has 1 radical (unpaired) electrons. The van der Waals surface area contributed by atoms with Crippen molar-refractivity contribution in [1.82, 2.24) is 0 Å². The number of ether oxygens (including phenoxy) is 1. The number of hydrogen-bond acceptors (Lipinski definition) is 3. The maximum atomic E-state index is 11.0. The van der Waals surface area contributed by atoms with Crippen molar-refractivity contribution in [2.45, 2.75) is 11.8 Å². The molecule has 0 atom stereocenters. The van der Waals surface area contributed by atoms with Crippen LogP contribution in [0.4, 0.5) is 0 Å². The molecule has 69 valence electrons. The summed E-state index contributed by atoms with van der Waals surface area (Å²) in [4.78, 5) is 12.0. The molecule has 2 nitrogen and oxygen atoms in total. The van der Waals surface area contributed by atoms with Gasteiger partial charge >= 0.3 is 5.97 Å². The quantitative estimate of drug-likeness (QED) is 0.544. The minimum atomic E-state index is -0.166. The lowest BCUT2D eigenvalue weighted by atomic mass is 10.4. The highest BCUT2D eigenvalue weighted by molar-refractivity contribution is 8.00. The molecular formula is C10H11O2S. The molecule has 0 aliphatic carbocycles. The molecule has 0 spiro atoms. The fraction of sp³-hybridized carbons (Fsp3) is 0.300. The highest BCUT2D eigenvalue weighted by Crippen LogP contribution is 2.16. The summed E-state index contributed by atoms with van der Waals surface area (Å²) in [7, 11) is 0. The number of carbonyl (C=O) groups excluding carboxylic acids is 1. The smallest absolute Gasteiger partial charge is 0.316 e. The monoisotopic (exact) mass is 195 g/mol. The Labute approximate surface area is 82.3 Å². The van der Waals surface area contributed by atoms with E-state index in [4.69, 9.17) is 4.74 Å². The second-order valence-electron chi connectivity index (χ2n) is 2.33. The molecule has 0 heterocycles. The molecular weight excluding hydrogens is 184 g/mol. The average Bonchev–Trinajstić information content (AvgIpc) is 2.17. The first-order valence-electron chi connectivity index (χ1n) is 4.07. The first-order chi connectivity index (χ1) is 6.33. The molecule has 0 unspecified atom stereocenters. The maximum absolute atomic E-state index is 11.0. The first-order valence-corrected chi connectivity index (χ1v) is 5.06. The van der Waals surface area contributed by atoms with Crippen molar-refractivity contribution in [2.75, 3.05) is 12.4 Å². The van der Waals surface area contributed by atoms with E-state index in [9.17, 15) is 4.79 Å². The number of thioether (sulfide) groups is 1. The zero-order valence-electron chi connectivity index (χ0n) is 7.45. The fourth-order valence-electron chi connectivity index (χ4n) is 0.813. The van der Waals surface area contributed by atoms with Gasteiger partial charge in [-0.2, -0.15) is 0 Å². The predicted molar refractivity (Wildman–Crippen MR) is 52.6 cm³/mol. The van der Waals surface area contributed by atoms with Crippen LogP contribution in [-0.4, -0.2) is 18.3 Å². The van der Waals surface area contributed by atoms with Crippen LogP contribution in [0.1, 0.15) is 6.92 Å². The van der Waals surface area contributed by atoms with Gasteiger partial charge in [0, 0.05) is 4.90 Å². The van der Waals surface area contributed by atoms with E-state index in [0.29, 0.717) is 12.4 Å². The van der Waals surface area contributed by atoms with Crippen LogP contribution in [0.25, 0.3) is 0 Å². The first kappa shape index (κ1) is 10.1. The minimum Gasteiger partial charge on any atom is -0.465 e. The summed E-state index contributed by atoms with van der Waals surface area (Å²) in [5.74, 6) is 0.207. The molecule has 0 fully saturated rings. The molecule has 1 rings (SSSR count). The lowest BCUT2D eigenvalue weighted by Crippen LogP contribution is -2.06. The van der Waals surface area contributed by atoms with E-state index in [-0.39, 0.29) is 5.97 Å². The molecule has 0 amide bonds. The van der Waals surface area contributed by atoms with Gasteiger partial charge in [0.15, 0.2) is 0 Å². The molecule has 0 saturated heterocycles. The second-order valence-corrected chi connectivity index (χ2v) is 3.38. The molecule has 13 heavy (non-hydrogen) atoms. The fourth-order valence-corrected chi connectivity index (χ4v) is 1.51. The van der Waals surface area contributed by atoms with Gasteiger partial charge in [0.2, 0.25) is 0 Å². The van der Waals surface area contributed by atoms with Gasteiger partial charge in [-0.25, -0.2) is 0 Å². The highest BCUT2D eigenvalue weighted by Gasteiger charge is 2.01. The molecule has 3 heteroatoms. The molecule has 0 bridgehead atoms. The zero-order chi connectivity index (χ0) is 9.52. The Morgan fingerprint density at radius 3 is 2.85 bits per heavy atom. The summed E-state index contributed by atoms with van der Waals surface area (Å²) in [5.41, 5.74) is 0. The molecule has 0 aromatic heterocycles. The van der Waals surface area contributed by atoms with Crippen molar-refractivity contribution in [3.05, 3.63) is 30.3 Å². The summed E-state index contributed by atoms with van der Waals surface area (Å²) >= 11 is 1.47. The summed E-state index contributed by atoms with van der Waals surface area (Å²) in [6.45, 7) is 2.25. The number of hydrogen-bond donors (Lipinski definition) is 0. The normalized spacial score (nSPS) is 9.62. The highest BCUT2D eigenvalue weighted by atomic mass is 32.2. The predicted octanol–water partition coefficient (Wildman–Crippen LogP) is 2.14. The van der Waals surface area contributed by atoms with Crippen molar-refractivity contribution < 1.29 is 9.53 Å². The van der Waals surface area contributed by atoms with Crippen LogP contribution in [0, 0.1) is 6.07 Å². The minimum absolute atomic E-state index is 0.166. The summed E-state index contributed by atoms with van der Waals surface area (Å²) < 4.78 is 4.80. The molecule has 1 aromatic carbocycles. The van der Waals surface area contributed by atoms with E-state index in [2.05, 4.69) is 6.07 Å². The van der Waals surface area contributed by atoms with Crippen molar-refractivity contribution in [1.29, 1.82) is 0 Å². The van der Waals surface area contributed by atoms with E-state index in [1.54, 1.807) is 6.92 Å². The van der Waals surface area contributed by atoms with Gasteiger partial charge in [0.25, 0.3) is 0 Å². The summed E-state index contributed by atoms with van der Waals surface area (Å²) in [6.07, 6.45) is 0. The number of benzene rings is 1. The van der Waals surface area contributed by atoms with Crippen molar-refractivity contribution in [3.63, 3.8) is 0 Å². The van der Waals surface area contributed by atoms with Gasteiger partial charge in [-0.05, 0) is 25.1 Å². The van der Waals surface area contributed by atoms with E-state index in [1.807, 2.05) is 24.3 Å². The van der Waals surface area contributed by atoms with Crippen LogP contribution in [0.2, 0.25) is 0 Å². The van der Waals surface area contributed by atoms with E-state index >= 15 is 0 Å². The van der Waals surface area contributed by atoms with Gasteiger partial charge in [0.1, 0.15) is 0 Å². The zero-order valence-corrected chi connectivity index (χ0v) is 8.26. The van der Waals surface area contributed by atoms with Gasteiger partial charge in [-0.1, -0.05) is 12.1 Å². The summed E-state index contributed by atoms with van der Waals surface area (Å²) in [6, 6.07) is 10.4. The van der Waals surface area contributed by atoms with Gasteiger partial charge in [0.05, 0.1) is 12.4 Å². The maximum Gasteiger partial charge on any atom is 0.316 e. The Balaban J connectivity index is 2.31. The molecule has 0 aliphatic heterocycles. The third-order valence-corrected chi connectivity index (χ3v) is 2.34. The van der Waals surface area contributed by atoms with Crippen LogP contribution in [0.5, 0.6) is 0 Å². The van der Waals surface area contributed by atoms with Crippen LogP contribution in [0.15, 0.2) is 29.2 Å². The van der Waals surface area contributed by atoms with Crippen LogP contribution >= 0.6 is 11.8 Å². The lowest BCUT2D eigenvalue weighted by Gasteiger charge is -2.00. The van der Waals surface area contributed by atoms with E-state index in [0.717, 1.165) is 4.90 Å². The largest absolute Gasteiger partial charge is 0.465 e. The SMILES string of the molecule is CCOC(=O)CSc1cc[c]cc1. The molecule has 0 N–H and O–H groups in total. The Morgan fingerprint density at radius 2 is 2.23 bits per heavy atom. The Morgan fingerprint density at radius 1 is 1.54 bits per heavy atom. The second kappa shape index (κ2) is 5.65. The van der Waals surface area contributed by atoms with Gasteiger partial charge in [-0.3, -0.25) is 4.79 Å².